The average Bonchev–Trinajstić information content (AvgIpc) is 2.67. The minimum Gasteiger partial charge on any atom is -0.369 e. The summed E-state index contributed by atoms with van der Waals surface area (Å²) >= 11 is 0. The summed E-state index contributed by atoms with van der Waals surface area (Å²) in [5.74, 6) is 3.61. The van der Waals surface area contributed by atoms with Crippen molar-refractivity contribution in [2.75, 3.05) is 0 Å². The van der Waals surface area contributed by atoms with Gasteiger partial charge in [0.25, 0.3) is 0 Å². The molecule has 0 N–H and O–H groups in total. The largest absolute Gasteiger partial charge is 0.369 e. The van der Waals surface area contributed by atoms with Crippen LogP contribution in [0.15, 0.2) is 11.3 Å². The minimum absolute atomic E-state index is 0.541. The number of piperidine rings is 5. The van der Waals surface area contributed by atoms with Gasteiger partial charge in [-0.25, -0.2) is 0 Å². The van der Waals surface area contributed by atoms with Crippen LogP contribution in [0.25, 0.3) is 0 Å². The van der Waals surface area contributed by atoms with E-state index in [-0.39, 0.29) is 0 Å². The van der Waals surface area contributed by atoms with Crippen molar-refractivity contribution in [3.8, 4) is 0 Å². The van der Waals surface area contributed by atoms with Crippen LogP contribution in [0.5, 0.6) is 0 Å². The van der Waals surface area contributed by atoms with Crippen LogP contribution in [-0.2, 0) is 0 Å². The van der Waals surface area contributed by atoms with E-state index in [0.717, 1.165) is 47.8 Å². The molecule has 154 valence electrons. The molecule has 5 saturated heterocycles. The Balaban J connectivity index is 1.42. The Kier molecular flexibility index (Phi) is 3.57. The van der Waals surface area contributed by atoms with Gasteiger partial charge in [0.2, 0.25) is 0 Å². The molecule has 9 atom stereocenters. The van der Waals surface area contributed by atoms with Gasteiger partial charge in [0.05, 0.1) is 0 Å². The maximum atomic E-state index is 3.22. The quantitative estimate of drug-likeness (QED) is 0.529. The molecule has 0 radical (unpaired) electrons. The number of fused-ring (bicyclic) bond motifs is 2. The van der Waals surface area contributed by atoms with Crippen LogP contribution in [0.3, 0.4) is 0 Å². The molecule has 1 spiro atoms. The van der Waals surface area contributed by atoms with Crippen molar-refractivity contribution >= 4 is 0 Å². The third-order valence-electron chi connectivity index (χ3n) is 10.7. The van der Waals surface area contributed by atoms with Gasteiger partial charge in [0.15, 0.2) is 0 Å². The number of rotatable bonds is 0. The lowest BCUT2D eigenvalue weighted by atomic mass is 9.51. The summed E-state index contributed by atoms with van der Waals surface area (Å²) in [5.41, 5.74) is 4.51. The Bertz CT molecular complexity index is 711. The fraction of sp³-hybridized carbons (Fsp3) is 0.923. The summed E-state index contributed by atoms with van der Waals surface area (Å²) in [7, 11) is 0. The molecule has 5 fully saturated rings. The number of hydrogen-bond donors (Lipinski definition) is 0. The molecule has 0 aromatic carbocycles. The third kappa shape index (κ3) is 2.05. The van der Waals surface area contributed by atoms with Crippen LogP contribution < -0.4 is 0 Å². The van der Waals surface area contributed by atoms with Gasteiger partial charge in [0, 0.05) is 41.3 Å². The lowest BCUT2D eigenvalue weighted by molar-refractivity contribution is -0.162. The summed E-state index contributed by atoms with van der Waals surface area (Å²) < 4.78 is 0. The molecule has 1 aliphatic carbocycles. The predicted octanol–water partition coefficient (Wildman–Crippen LogP) is 5.73. The predicted molar refractivity (Wildman–Crippen MR) is 114 cm³/mol. The maximum Gasteiger partial charge on any atom is 0.0306 e. The second-order valence-corrected chi connectivity index (χ2v) is 12.2. The van der Waals surface area contributed by atoms with E-state index in [9.17, 15) is 0 Å². The highest BCUT2D eigenvalue weighted by Gasteiger charge is 2.63. The van der Waals surface area contributed by atoms with Gasteiger partial charge in [-0.2, -0.15) is 0 Å². The van der Waals surface area contributed by atoms with Gasteiger partial charge in [-0.3, -0.25) is 4.90 Å². The normalized spacial score (nSPS) is 54.9. The molecule has 2 nitrogen and oxygen atoms in total. The zero-order valence-corrected chi connectivity index (χ0v) is 18.2. The van der Waals surface area contributed by atoms with Crippen molar-refractivity contribution in [3.63, 3.8) is 0 Å². The highest BCUT2D eigenvalue weighted by molar-refractivity contribution is 5.37. The van der Waals surface area contributed by atoms with E-state index < -0.39 is 0 Å². The van der Waals surface area contributed by atoms with E-state index in [1.807, 2.05) is 11.3 Å². The van der Waals surface area contributed by atoms with Gasteiger partial charge in [0.1, 0.15) is 0 Å². The van der Waals surface area contributed by atoms with Crippen molar-refractivity contribution in [2.24, 2.45) is 23.7 Å². The first kappa shape index (κ1) is 17.2. The van der Waals surface area contributed by atoms with Crippen LogP contribution in [0.4, 0.5) is 0 Å². The summed E-state index contributed by atoms with van der Waals surface area (Å²) in [6.07, 6.45) is 19.5. The van der Waals surface area contributed by atoms with E-state index in [0.29, 0.717) is 5.54 Å². The lowest BCUT2D eigenvalue weighted by Crippen LogP contribution is -2.73. The van der Waals surface area contributed by atoms with Crippen LogP contribution in [-0.4, -0.2) is 39.5 Å². The van der Waals surface area contributed by atoms with Gasteiger partial charge in [-0.1, -0.05) is 20.3 Å². The summed E-state index contributed by atoms with van der Waals surface area (Å²) in [6.45, 7) is 5.22. The Hall–Kier alpha value is -0.500. The molecule has 0 aromatic rings. The molecule has 7 rings (SSSR count). The van der Waals surface area contributed by atoms with E-state index in [1.165, 1.54) is 83.5 Å². The standard InChI is InChI=1S/C26H40N2/c1-16-11-21-7-4-8-22-13-18-15-26(14-16,28(21)22)23-10-9-19-5-3-6-20-12-17(2)24(18)25(23)27(19)20/h16-23H,3-15H2,1-2H3/t16-,17-,18+,19+,20+,21+,22-,23+,26-/m1/s1. The molecule has 2 heteroatoms. The molecule has 0 unspecified atom stereocenters. The van der Waals surface area contributed by atoms with Gasteiger partial charge >= 0.3 is 0 Å². The topological polar surface area (TPSA) is 6.48 Å². The zero-order chi connectivity index (χ0) is 18.6. The first-order valence-corrected chi connectivity index (χ1v) is 13.0. The monoisotopic (exact) mass is 380 g/mol. The Morgan fingerprint density at radius 1 is 0.750 bits per heavy atom. The summed E-state index contributed by atoms with van der Waals surface area (Å²) in [4.78, 5) is 6.32. The first-order chi connectivity index (χ1) is 13.7. The van der Waals surface area contributed by atoms with Crippen molar-refractivity contribution in [1.29, 1.82) is 0 Å². The molecular weight excluding hydrogens is 340 g/mol. The Labute approximate surface area is 172 Å². The van der Waals surface area contributed by atoms with Crippen LogP contribution in [0.2, 0.25) is 0 Å². The fourth-order valence-electron chi connectivity index (χ4n) is 10.4. The van der Waals surface area contributed by atoms with Gasteiger partial charge in [-0.05, 0) is 100 Å². The SMILES string of the molecule is C[C@@H]1C[C@@H]2CCC[C@@H]3C[C@H]4C[C@](C1)([C@H]1CC[C@@H]5CCC[C@H]6C[C@@H](C)C4=C1N56)N32. The second-order valence-electron chi connectivity index (χ2n) is 12.2. The Morgan fingerprint density at radius 3 is 2.36 bits per heavy atom. The smallest absolute Gasteiger partial charge is 0.0306 e. The van der Waals surface area contributed by atoms with E-state index in [2.05, 4.69) is 23.6 Å². The van der Waals surface area contributed by atoms with Gasteiger partial charge in [-0.15, -0.1) is 0 Å². The molecule has 2 bridgehead atoms. The van der Waals surface area contributed by atoms with Crippen LogP contribution in [0, 0.1) is 23.7 Å². The van der Waals surface area contributed by atoms with Crippen LogP contribution >= 0.6 is 0 Å². The van der Waals surface area contributed by atoms with E-state index in [1.54, 1.807) is 0 Å². The third-order valence-corrected chi connectivity index (χ3v) is 10.7. The Morgan fingerprint density at radius 2 is 1.50 bits per heavy atom. The molecule has 6 heterocycles. The van der Waals surface area contributed by atoms with Crippen molar-refractivity contribution in [3.05, 3.63) is 11.3 Å². The molecule has 6 aliphatic heterocycles. The van der Waals surface area contributed by atoms with Crippen molar-refractivity contribution < 1.29 is 0 Å². The summed E-state index contributed by atoms with van der Waals surface area (Å²) in [5, 5.41) is 0. The first-order valence-electron chi connectivity index (χ1n) is 13.0. The zero-order valence-electron chi connectivity index (χ0n) is 18.2. The molecular formula is C26H40N2. The van der Waals surface area contributed by atoms with Crippen molar-refractivity contribution in [1.82, 2.24) is 9.80 Å². The van der Waals surface area contributed by atoms with E-state index >= 15 is 0 Å². The number of nitrogens with zero attached hydrogens (tertiary/aromatic N) is 2. The molecule has 7 aliphatic rings. The average molecular weight is 381 g/mol. The van der Waals surface area contributed by atoms with Crippen LogP contribution in [0.1, 0.15) is 97.3 Å². The second kappa shape index (κ2) is 5.80. The number of hydrogen-bond acceptors (Lipinski definition) is 2. The van der Waals surface area contributed by atoms with Crippen molar-refractivity contribution in [2.45, 2.75) is 127 Å². The fourth-order valence-corrected chi connectivity index (χ4v) is 10.4. The lowest BCUT2D eigenvalue weighted by Gasteiger charge is -2.71. The van der Waals surface area contributed by atoms with E-state index in [4.69, 9.17) is 0 Å². The molecule has 0 amide bonds. The maximum absolute atomic E-state index is 3.22. The highest BCUT2D eigenvalue weighted by atomic mass is 15.3. The van der Waals surface area contributed by atoms with Gasteiger partial charge < -0.3 is 4.90 Å². The molecule has 0 aromatic heterocycles. The highest BCUT2D eigenvalue weighted by Crippen LogP contribution is 2.64. The summed E-state index contributed by atoms with van der Waals surface area (Å²) in [6, 6.07) is 3.63. The molecule has 0 saturated carbocycles. The minimum atomic E-state index is 0.541. The molecule has 28 heavy (non-hydrogen) atoms. The number of allylic oxidation sites excluding steroid dienone is 1.